The fraction of sp³-hybridized carbons (Fsp3) is 0.0545. The first-order valence-corrected chi connectivity index (χ1v) is 20.1. The Kier molecular flexibility index (Phi) is 7.27. The summed E-state index contributed by atoms with van der Waals surface area (Å²) in [6.45, 7) is 0. The molecular weight excluding hydrogens is 705 g/mol. The Morgan fingerprint density at radius 2 is 1.12 bits per heavy atom. The van der Waals surface area contributed by atoms with Crippen LogP contribution in [0.2, 0.25) is 0 Å². The van der Waals surface area contributed by atoms with Gasteiger partial charge in [-0.25, -0.2) is 9.97 Å². The highest BCUT2D eigenvalue weighted by molar-refractivity contribution is 6.08. The van der Waals surface area contributed by atoms with E-state index in [1.165, 1.54) is 54.9 Å². The average molecular weight is 741 g/mol. The number of hydrogen-bond donors (Lipinski definition) is 0. The molecule has 0 amide bonds. The molecule has 9 aromatic rings. The van der Waals surface area contributed by atoms with Crippen LogP contribution in [-0.2, 0) is 5.41 Å². The molecule has 8 aromatic carbocycles. The molecule has 3 heteroatoms. The van der Waals surface area contributed by atoms with Crippen LogP contribution < -0.4 is 4.74 Å². The predicted octanol–water partition coefficient (Wildman–Crippen LogP) is 13.4. The molecule has 0 saturated heterocycles. The Morgan fingerprint density at radius 3 is 1.97 bits per heavy atom. The predicted molar refractivity (Wildman–Crippen MR) is 237 cm³/mol. The minimum Gasteiger partial charge on any atom is -0.485 e. The molecule has 0 unspecified atom stereocenters. The van der Waals surface area contributed by atoms with Gasteiger partial charge in [0.2, 0.25) is 0 Å². The maximum absolute atomic E-state index is 6.97. The molecule has 3 aliphatic rings. The maximum Gasteiger partial charge on any atom is 0.160 e. The van der Waals surface area contributed by atoms with Gasteiger partial charge in [-0.1, -0.05) is 176 Å². The zero-order valence-electron chi connectivity index (χ0n) is 31.6. The van der Waals surface area contributed by atoms with Gasteiger partial charge in [0.1, 0.15) is 11.9 Å². The van der Waals surface area contributed by atoms with Crippen LogP contribution in [0, 0.1) is 0 Å². The zero-order chi connectivity index (χ0) is 38.2. The standard InChI is InChI=1S/C55H36N2O/c1-2-14-36(15-3-1)50-34-51(40-27-29-43-39(32-40)26-25-35-13-4-5-18-42(35)43)57-54(56-50)41-17-12-16-37(31-41)38-28-30-49-53(33-38)58-52-24-11-10-23-48(52)55(49)46-21-8-6-19-44(46)45-20-7-9-22-47(45)55/h1-23,25-34,52H,24H2/t52-/m0/s1. The van der Waals surface area contributed by atoms with Gasteiger partial charge in [-0.05, 0) is 84.8 Å². The van der Waals surface area contributed by atoms with Crippen molar-refractivity contribution in [3.63, 3.8) is 0 Å². The van der Waals surface area contributed by atoms with Gasteiger partial charge in [0.15, 0.2) is 5.82 Å². The third kappa shape index (κ3) is 4.93. The van der Waals surface area contributed by atoms with Gasteiger partial charge in [-0.3, -0.25) is 0 Å². The highest BCUT2D eigenvalue weighted by Gasteiger charge is 2.53. The van der Waals surface area contributed by atoms with Crippen molar-refractivity contribution in [1.29, 1.82) is 0 Å². The first kappa shape index (κ1) is 32.8. The maximum atomic E-state index is 6.97. The van der Waals surface area contributed by atoms with Crippen LogP contribution in [0.4, 0.5) is 0 Å². The second-order valence-electron chi connectivity index (χ2n) is 15.6. The molecule has 2 aliphatic carbocycles. The van der Waals surface area contributed by atoms with E-state index in [1.54, 1.807) is 0 Å². The number of allylic oxidation sites excluding steroid dienone is 2. The molecule has 0 radical (unpaired) electrons. The lowest BCUT2D eigenvalue weighted by atomic mass is 9.63. The van der Waals surface area contributed by atoms with Crippen LogP contribution in [-0.4, -0.2) is 16.1 Å². The van der Waals surface area contributed by atoms with Crippen molar-refractivity contribution in [3.8, 4) is 61.9 Å². The number of nitrogens with zero attached hydrogens (tertiary/aromatic N) is 2. The Balaban J connectivity index is 0.986. The molecule has 3 nitrogen and oxygen atoms in total. The van der Waals surface area contributed by atoms with E-state index in [9.17, 15) is 0 Å². The van der Waals surface area contributed by atoms with Crippen LogP contribution in [0.15, 0.2) is 206 Å². The Morgan fingerprint density at radius 1 is 0.466 bits per heavy atom. The molecule has 58 heavy (non-hydrogen) atoms. The van der Waals surface area contributed by atoms with Crippen molar-refractivity contribution in [1.82, 2.24) is 9.97 Å². The second kappa shape index (κ2) is 12.8. The van der Waals surface area contributed by atoms with Gasteiger partial charge >= 0.3 is 0 Å². The van der Waals surface area contributed by atoms with Gasteiger partial charge in [0.25, 0.3) is 0 Å². The zero-order valence-corrected chi connectivity index (χ0v) is 31.6. The molecule has 0 N–H and O–H groups in total. The summed E-state index contributed by atoms with van der Waals surface area (Å²) in [4.78, 5) is 10.5. The van der Waals surface area contributed by atoms with Crippen LogP contribution in [0.1, 0.15) is 23.1 Å². The molecule has 1 aromatic heterocycles. The van der Waals surface area contributed by atoms with E-state index in [-0.39, 0.29) is 6.10 Å². The van der Waals surface area contributed by atoms with Gasteiger partial charge in [-0.2, -0.15) is 0 Å². The topological polar surface area (TPSA) is 35.0 Å². The van der Waals surface area contributed by atoms with Gasteiger partial charge in [-0.15, -0.1) is 0 Å². The molecule has 12 rings (SSSR count). The fourth-order valence-corrected chi connectivity index (χ4v) is 9.83. The molecule has 0 bridgehead atoms. The van der Waals surface area contributed by atoms with E-state index in [4.69, 9.17) is 14.7 Å². The number of ether oxygens (including phenoxy) is 1. The highest BCUT2D eigenvalue weighted by Crippen LogP contribution is 2.61. The smallest absolute Gasteiger partial charge is 0.160 e. The molecule has 0 fully saturated rings. The summed E-state index contributed by atoms with van der Waals surface area (Å²) in [7, 11) is 0. The Labute approximate surface area is 337 Å². The van der Waals surface area contributed by atoms with Gasteiger partial charge < -0.3 is 4.74 Å². The van der Waals surface area contributed by atoms with Crippen LogP contribution >= 0.6 is 0 Å². The number of rotatable bonds is 4. The number of hydrogen-bond acceptors (Lipinski definition) is 3. The Bertz CT molecular complexity index is 3150. The van der Waals surface area contributed by atoms with E-state index >= 15 is 0 Å². The second-order valence-corrected chi connectivity index (χ2v) is 15.6. The van der Waals surface area contributed by atoms with Crippen molar-refractivity contribution in [2.24, 2.45) is 0 Å². The SMILES string of the molecule is C1=CC[C@@H]2Oc3cc(-c4cccc(-c5nc(-c6ccccc6)cc(-c6ccc7c(ccc8ccccc87)c6)n5)c4)ccc3C3(C2=C1)c1ccccc1-c1ccccc13. The molecular formula is C55H36N2O. The van der Waals surface area contributed by atoms with Crippen LogP contribution in [0.3, 0.4) is 0 Å². The van der Waals surface area contributed by atoms with Crippen molar-refractivity contribution in [3.05, 3.63) is 222 Å². The molecule has 0 saturated carbocycles. The molecule has 2 heterocycles. The minimum absolute atomic E-state index is 0.0559. The number of benzene rings is 8. The van der Waals surface area contributed by atoms with E-state index < -0.39 is 5.41 Å². The van der Waals surface area contributed by atoms with Gasteiger partial charge in [0.05, 0.1) is 16.8 Å². The lowest BCUT2D eigenvalue weighted by molar-refractivity contribution is 0.205. The van der Waals surface area contributed by atoms with E-state index in [0.29, 0.717) is 5.82 Å². The molecule has 1 atom stereocenters. The first-order valence-electron chi connectivity index (χ1n) is 20.1. The van der Waals surface area contributed by atoms with Crippen LogP contribution in [0.5, 0.6) is 5.75 Å². The quantitative estimate of drug-likeness (QED) is 0.169. The third-order valence-electron chi connectivity index (χ3n) is 12.4. The summed E-state index contributed by atoms with van der Waals surface area (Å²) in [6, 6.07) is 65.4. The monoisotopic (exact) mass is 740 g/mol. The minimum atomic E-state index is -0.422. The van der Waals surface area contributed by atoms with Crippen molar-refractivity contribution in [2.75, 3.05) is 0 Å². The molecule has 272 valence electrons. The summed E-state index contributed by atoms with van der Waals surface area (Å²) in [5.41, 5.74) is 14.3. The van der Waals surface area contributed by atoms with E-state index in [1.807, 2.05) is 6.07 Å². The summed E-state index contributed by atoms with van der Waals surface area (Å²) in [5, 5.41) is 4.92. The summed E-state index contributed by atoms with van der Waals surface area (Å²) < 4.78 is 6.97. The van der Waals surface area contributed by atoms with Crippen LogP contribution in [0.25, 0.3) is 77.7 Å². The lowest BCUT2D eigenvalue weighted by Crippen LogP contribution is -2.42. The number of fused-ring (bicyclic) bond motifs is 12. The lowest BCUT2D eigenvalue weighted by Gasteiger charge is -2.45. The van der Waals surface area contributed by atoms with Gasteiger partial charge in [0, 0.05) is 28.7 Å². The molecule has 1 aliphatic heterocycles. The average Bonchev–Trinajstić information content (AvgIpc) is 3.59. The molecule has 1 spiro atoms. The summed E-state index contributed by atoms with van der Waals surface area (Å²) in [6.07, 6.45) is 7.51. The van der Waals surface area contributed by atoms with Crippen molar-refractivity contribution < 1.29 is 4.74 Å². The summed E-state index contributed by atoms with van der Waals surface area (Å²) in [5.74, 6) is 1.62. The largest absolute Gasteiger partial charge is 0.485 e. The van der Waals surface area contributed by atoms with Crippen molar-refractivity contribution in [2.45, 2.75) is 17.9 Å². The first-order chi connectivity index (χ1) is 28.7. The van der Waals surface area contributed by atoms with E-state index in [0.717, 1.165) is 51.4 Å². The summed E-state index contributed by atoms with van der Waals surface area (Å²) >= 11 is 0. The van der Waals surface area contributed by atoms with E-state index in [2.05, 4.69) is 194 Å². The normalized spacial score (nSPS) is 15.7. The Hall–Kier alpha value is -7.36. The third-order valence-corrected chi connectivity index (χ3v) is 12.4. The number of aromatic nitrogens is 2. The highest BCUT2D eigenvalue weighted by atomic mass is 16.5. The fourth-order valence-electron chi connectivity index (χ4n) is 9.83. The van der Waals surface area contributed by atoms with Crippen molar-refractivity contribution >= 4 is 21.5 Å².